The predicted molar refractivity (Wildman–Crippen MR) is 116 cm³/mol. The van der Waals surface area contributed by atoms with E-state index in [1.165, 1.54) is 11.1 Å². The first kappa shape index (κ1) is 22.3. The predicted octanol–water partition coefficient (Wildman–Crippen LogP) is 2.74. The van der Waals surface area contributed by atoms with Crippen molar-refractivity contribution in [3.63, 3.8) is 0 Å². The number of aliphatic hydroxyl groups excluding tert-OH is 2. The van der Waals surface area contributed by atoms with Crippen LogP contribution in [0.2, 0.25) is 0 Å². The van der Waals surface area contributed by atoms with E-state index in [1.807, 2.05) is 4.68 Å². The molecule has 4 atom stereocenters. The van der Waals surface area contributed by atoms with Gasteiger partial charge in [-0.25, -0.2) is 0 Å². The Morgan fingerprint density at radius 2 is 1.94 bits per heavy atom. The van der Waals surface area contributed by atoms with Crippen molar-refractivity contribution in [3.8, 4) is 5.88 Å². The van der Waals surface area contributed by atoms with Crippen LogP contribution in [0.4, 0.5) is 0 Å². The molecule has 0 aliphatic carbocycles. The Morgan fingerprint density at radius 1 is 1.16 bits per heavy atom. The van der Waals surface area contributed by atoms with Crippen molar-refractivity contribution in [2.24, 2.45) is 0 Å². The van der Waals surface area contributed by atoms with Crippen molar-refractivity contribution in [2.75, 3.05) is 19.8 Å². The molecule has 0 amide bonds. The standard InChI is InChI=1S/C24H34N2O5/c1-3-17-4-6-18(7-5-17)8-9-22-16(2)26(19-10-11-29-15-19)25-24(22)31-23-13-20(28)12-21(14-27)30-23/h4-7,19-21,23,27-28H,3,8-15H2,1-2H3. The lowest BCUT2D eigenvalue weighted by molar-refractivity contribution is -0.186. The van der Waals surface area contributed by atoms with Crippen LogP contribution in [0.5, 0.6) is 5.88 Å². The highest BCUT2D eigenvalue weighted by molar-refractivity contribution is 5.33. The minimum Gasteiger partial charge on any atom is -0.446 e. The van der Waals surface area contributed by atoms with E-state index in [9.17, 15) is 10.2 Å². The zero-order valence-electron chi connectivity index (χ0n) is 18.5. The molecule has 4 rings (SSSR count). The quantitative estimate of drug-likeness (QED) is 0.670. The van der Waals surface area contributed by atoms with Crippen LogP contribution < -0.4 is 4.74 Å². The molecule has 0 radical (unpaired) electrons. The Kier molecular flexibility index (Phi) is 7.27. The Bertz CT molecular complexity index is 844. The molecule has 2 fully saturated rings. The summed E-state index contributed by atoms with van der Waals surface area (Å²) >= 11 is 0. The molecule has 7 heteroatoms. The van der Waals surface area contributed by atoms with Gasteiger partial charge in [-0.3, -0.25) is 4.68 Å². The number of rotatable bonds is 8. The van der Waals surface area contributed by atoms with Gasteiger partial charge in [0.25, 0.3) is 0 Å². The average Bonchev–Trinajstić information content (AvgIpc) is 3.41. The summed E-state index contributed by atoms with van der Waals surface area (Å²) in [5.74, 6) is 0.561. The zero-order chi connectivity index (χ0) is 21.8. The maximum atomic E-state index is 10.1. The van der Waals surface area contributed by atoms with Gasteiger partial charge in [0.05, 0.1) is 31.5 Å². The number of ether oxygens (including phenoxy) is 3. The van der Waals surface area contributed by atoms with Crippen molar-refractivity contribution in [2.45, 2.75) is 76.9 Å². The number of benzene rings is 1. The van der Waals surface area contributed by atoms with Gasteiger partial charge in [-0.05, 0) is 43.7 Å². The van der Waals surface area contributed by atoms with Crippen molar-refractivity contribution in [3.05, 3.63) is 46.6 Å². The Morgan fingerprint density at radius 3 is 2.61 bits per heavy atom. The molecule has 1 aromatic heterocycles. The minimum absolute atomic E-state index is 0.135. The van der Waals surface area contributed by atoms with E-state index < -0.39 is 18.5 Å². The number of aliphatic hydroxyl groups is 2. The number of hydrogen-bond donors (Lipinski definition) is 2. The van der Waals surface area contributed by atoms with Crippen LogP contribution in [0.3, 0.4) is 0 Å². The lowest BCUT2D eigenvalue weighted by Gasteiger charge is -2.31. The number of aromatic nitrogens is 2. The molecule has 3 heterocycles. The van der Waals surface area contributed by atoms with Gasteiger partial charge >= 0.3 is 0 Å². The maximum Gasteiger partial charge on any atom is 0.238 e. The first-order valence-corrected chi connectivity index (χ1v) is 11.4. The van der Waals surface area contributed by atoms with Crippen LogP contribution in [-0.4, -0.2) is 58.3 Å². The van der Waals surface area contributed by atoms with Crippen LogP contribution in [0, 0.1) is 6.92 Å². The second-order valence-corrected chi connectivity index (χ2v) is 8.61. The molecule has 0 saturated carbocycles. The number of hydrogen-bond acceptors (Lipinski definition) is 6. The van der Waals surface area contributed by atoms with E-state index >= 15 is 0 Å². The SMILES string of the molecule is CCc1ccc(CCc2c(OC3CC(O)CC(CO)O3)nn(C3CCOC3)c2C)cc1. The van der Waals surface area contributed by atoms with E-state index in [2.05, 4.69) is 38.1 Å². The summed E-state index contributed by atoms with van der Waals surface area (Å²) in [5, 5.41) is 24.4. The molecular weight excluding hydrogens is 396 g/mol. The molecule has 2 N–H and O–H groups in total. The minimum atomic E-state index is -0.619. The maximum absolute atomic E-state index is 10.1. The van der Waals surface area contributed by atoms with Crippen molar-refractivity contribution in [1.29, 1.82) is 0 Å². The summed E-state index contributed by atoms with van der Waals surface area (Å²) in [5.41, 5.74) is 4.77. The molecule has 2 saturated heterocycles. The lowest BCUT2D eigenvalue weighted by atomic mass is 10.0. The summed E-state index contributed by atoms with van der Waals surface area (Å²) in [6.45, 7) is 5.51. The van der Waals surface area contributed by atoms with Crippen LogP contribution >= 0.6 is 0 Å². The molecule has 2 aliphatic heterocycles. The molecule has 4 unspecified atom stereocenters. The van der Waals surface area contributed by atoms with E-state index in [1.54, 1.807) is 0 Å². The molecule has 170 valence electrons. The average molecular weight is 431 g/mol. The smallest absolute Gasteiger partial charge is 0.238 e. The summed E-state index contributed by atoms with van der Waals surface area (Å²) < 4.78 is 19.6. The van der Waals surface area contributed by atoms with Crippen LogP contribution in [0.15, 0.2) is 24.3 Å². The third-order valence-corrected chi connectivity index (χ3v) is 6.37. The van der Waals surface area contributed by atoms with Gasteiger partial charge in [-0.2, -0.15) is 0 Å². The van der Waals surface area contributed by atoms with Crippen LogP contribution in [-0.2, 0) is 28.7 Å². The first-order valence-electron chi connectivity index (χ1n) is 11.4. The van der Waals surface area contributed by atoms with Gasteiger partial charge in [0.2, 0.25) is 12.2 Å². The first-order chi connectivity index (χ1) is 15.1. The van der Waals surface area contributed by atoms with E-state index in [-0.39, 0.29) is 12.6 Å². The molecule has 0 spiro atoms. The highest BCUT2D eigenvalue weighted by atomic mass is 16.7. The fourth-order valence-electron chi connectivity index (χ4n) is 4.46. The second kappa shape index (κ2) is 10.1. The van der Waals surface area contributed by atoms with Gasteiger partial charge in [0.15, 0.2) is 0 Å². The normalized spacial score (nSPS) is 26.3. The summed E-state index contributed by atoms with van der Waals surface area (Å²) in [6, 6.07) is 8.96. The van der Waals surface area contributed by atoms with E-state index in [0.717, 1.165) is 43.5 Å². The van der Waals surface area contributed by atoms with Crippen LogP contribution in [0.25, 0.3) is 0 Å². The van der Waals surface area contributed by atoms with Gasteiger partial charge in [0, 0.05) is 30.7 Å². The summed E-state index contributed by atoms with van der Waals surface area (Å²) in [7, 11) is 0. The zero-order valence-corrected chi connectivity index (χ0v) is 18.5. The topological polar surface area (TPSA) is 86.0 Å². The number of aryl methyl sites for hydroxylation is 2. The van der Waals surface area contributed by atoms with Crippen molar-refractivity contribution in [1.82, 2.24) is 9.78 Å². The van der Waals surface area contributed by atoms with E-state index in [0.29, 0.717) is 25.3 Å². The molecular formula is C24H34N2O5. The Labute approximate surface area is 183 Å². The Balaban J connectivity index is 1.54. The molecule has 31 heavy (non-hydrogen) atoms. The van der Waals surface area contributed by atoms with Crippen molar-refractivity contribution < 1.29 is 24.4 Å². The fourth-order valence-corrected chi connectivity index (χ4v) is 4.46. The van der Waals surface area contributed by atoms with Gasteiger partial charge in [-0.1, -0.05) is 31.2 Å². The van der Waals surface area contributed by atoms with Gasteiger partial charge < -0.3 is 24.4 Å². The molecule has 7 nitrogen and oxygen atoms in total. The third kappa shape index (κ3) is 5.29. The molecule has 2 aromatic rings. The lowest BCUT2D eigenvalue weighted by Crippen LogP contribution is -2.40. The van der Waals surface area contributed by atoms with Crippen LogP contribution in [0.1, 0.15) is 54.6 Å². The molecule has 2 aliphatic rings. The molecule has 0 bridgehead atoms. The number of nitrogens with zero attached hydrogens (tertiary/aromatic N) is 2. The third-order valence-electron chi connectivity index (χ3n) is 6.37. The van der Waals surface area contributed by atoms with Gasteiger partial charge in [0.1, 0.15) is 0 Å². The summed E-state index contributed by atoms with van der Waals surface area (Å²) in [6.07, 6.45) is 2.87. The highest BCUT2D eigenvalue weighted by Crippen LogP contribution is 2.31. The molecule has 1 aromatic carbocycles. The largest absolute Gasteiger partial charge is 0.446 e. The van der Waals surface area contributed by atoms with Crippen molar-refractivity contribution >= 4 is 0 Å². The second-order valence-electron chi connectivity index (χ2n) is 8.61. The monoisotopic (exact) mass is 430 g/mol. The summed E-state index contributed by atoms with van der Waals surface area (Å²) in [4.78, 5) is 0. The fraction of sp³-hybridized carbons (Fsp3) is 0.625. The van der Waals surface area contributed by atoms with E-state index in [4.69, 9.17) is 19.3 Å². The van der Waals surface area contributed by atoms with Gasteiger partial charge in [-0.15, -0.1) is 5.10 Å². The highest BCUT2D eigenvalue weighted by Gasteiger charge is 2.32. The Hall–Kier alpha value is -1.93.